The van der Waals surface area contributed by atoms with Crippen molar-refractivity contribution in [3.05, 3.63) is 47.7 Å². The van der Waals surface area contributed by atoms with Crippen LogP contribution in [-0.4, -0.2) is 59.2 Å². The van der Waals surface area contributed by atoms with Gasteiger partial charge in [0.25, 0.3) is 5.91 Å². The van der Waals surface area contributed by atoms with Gasteiger partial charge < -0.3 is 23.9 Å². The monoisotopic (exact) mass is 460 g/mol. The molecule has 1 amide bonds. The molecule has 9 nitrogen and oxygen atoms in total. The van der Waals surface area contributed by atoms with Crippen LogP contribution >= 0.6 is 0 Å². The minimum absolute atomic E-state index is 0.0224. The first kappa shape index (κ1) is 22.1. The number of rotatable bonds is 6. The van der Waals surface area contributed by atoms with Crippen LogP contribution in [0.1, 0.15) is 16.1 Å². The lowest BCUT2D eigenvalue weighted by Gasteiger charge is -2.26. The number of amides is 1. The first-order valence-electron chi connectivity index (χ1n) is 9.99. The predicted molar refractivity (Wildman–Crippen MR) is 118 cm³/mol. The van der Waals surface area contributed by atoms with E-state index >= 15 is 0 Å². The molecule has 0 aliphatic carbocycles. The van der Waals surface area contributed by atoms with Gasteiger partial charge in [-0.15, -0.1) is 0 Å². The van der Waals surface area contributed by atoms with Gasteiger partial charge in [0, 0.05) is 29.7 Å². The Bertz CT molecular complexity index is 1260. The molecule has 0 bridgehead atoms. The van der Waals surface area contributed by atoms with Crippen LogP contribution in [0.3, 0.4) is 0 Å². The van der Waals surface area contributed by atoms with E-state index in [0.717, 1.165) is 5.39 Å². The molecule has 1 aliphatic heterocycles. The van der Waals surface area contributed by atoms with Gasteiger partial charge in [-0.05, 0) is 43.3 Å². The standard InChI is InChI=1S/C22H24N2O7S/c1-14-17-13-16(28-2)5-7-18(17)31-21(14)22(25)23-15-4-6-19(29-3)20(12-15)32(26,27)24-8-10-30-11-9-24/h4-7,12-13H,8-11H2,1-3H3,(H,23,25). The summed E-state index contributed by atoms with van der Waals surface area (Å²) in [5.74, 6) is 0.502. The molecule has 170 valence electrons. The van der Waals surface area contributed by atoms with E-state index in [9.17, 15) is 13.2 Å². The van der Waals surface area contributed by atoms with Gasteiger partial charge in [-0.2, -0.15) is 4.31 Å². The number of carbonyl (C=O) groups is 1. The number of morpholine rings is 1. The third kappa shape index (κ3) is 4.04. The highest BCUT2D eigenvalue weighted by molar-refractivity contribution is 7.89. The molecule has 10 heteroatoms. The van der Waals surface area contributed by atoms with Gasteiger partial charge in [-0.3, -0.25) is 4.79 Å². The highest BCUT2D eigenvalue weighted by atomic mass is 32.2. The average Bonchev–Trinajstić information content (AvgIpc) is 3.15. The Labute approximate surface area is 185 Å². The van der Waals surface area contributed by atoms with Gasteiger partial charge in [0.1, 0.15) is 22.0 Å². The molecule has 32 heavy (non-hydrogen) atoms. The van der Waals surface area contributed by atoms with Crippen molar-refractivity contribution in [2.75, 3.05) is 45.8 Å². The third-order valence-corrected chi connectivity index (χ3v) is 7.28. The third-order valence-electron chi connectivity index (χ3n) is 5.36. The second-order valence-electron chi connectivity index (χ2n) is 7.25. The number of sulfonamides is 1. The summed E-state index contributed by atoms with van der Waals surface area (Å²) in [5, 5.41) is 3.49. The molecule has 1 saturated heterocycles. The number of hydrogen-bond donors (Lipinski definition) is 1. The molecule has 1 N–H and O–H groups in total. The molecule has 2 aromatic carbocycles. The molecule has 1 aliphatic rings. The number of fused-ring (bicyclic) bond motifs is 1. The summed E-state index contributed by atoms with van der Waals surface area (Å²) in [4.78, 5) is 12.9. The maximum absolute atomic E-state index is 13.2. The van der Waals surface area contributed by atoms with Crippen LogP contribution in [0.2, 0.25) is 0 Å². The lowest BCUT2D eigenvalue weighted by atomic mass is 10.1. The van der Waals surface area contributed by atoms with Crippen LogP contribution in [0.15, 0.2) is 45.7 Å². The zero-order valence-corrected chi connectivity index (χ0v) is 18.8. The largest absolute Gasteiger partial charge is 0.497 e. The molecule has 0 radical (unpaired) electrons. The van der Waals surface area contributed by atoms with Crippen LogP contribution in [0.4, 0.5) is 5.69 Å². The average molecular weight is 461 g/mol. The fourth-order valence-corrected chi connectivity index (χ4v) is 5.20. The fraction of sp³-hybridized carbons (Fsp3) is 0.318. The fourth-order valence-electron chi connectivity index (χ4n) is 3.61. The van der Waals surface area contributed by atoms with E-state index in [1.54, 1.807) is 38.3 Å². The number of methoxy groups -OCH3 is 2. The van der Waals surface area contributed by atoms with Crippen molar-refractivity contribution in [1.29, 1.82) is 0 Å². The molecule has 1 aromatic heterocycles. The van der Waals surface area contributed by atoms with Crippen LogP contribution in [0.5, 0.6) is 11.5 Å². The summed E-state index contributed by atoms with van der Waals surface area (Å²) in [6, 6.07) is 9.76. The lowest BCUT2D eigenvalue weighted by molar-refractivity contribution is 0.0729. The van der Waals surface area contributed by atoms with E-state index in [0.29, 0.717) is 35.8 Å². The second kappa shape index (κ2) is 8.81. The van der Waals surface area contributed by atoms with Gasteiger partial charge in [-0.25, -0.2) is 8.42 Å². The molecule has 0 spiro atoms. The van der Waals surface area contributed by atoms with E-state index in [1.165, 1.54) is 23.5 Å². The minimum atomic E-state index is -3.82. The van der Waals surface area contributed by atoms with Crippen molar-refractivity contribution in [2.24, 2.45) is 0 Å². The molecule has 0 atom stereocenters. The van der Waals surface area contributed by atoms with E-state index in [1.807, 2.05) is 0 Å². The molecule has 2 heterocycles. The van der Waals surface area contributed by atoms with Crippen molar-refractivity contribution < 1.29 is 31.8 Å². The summed E-state index contributed by atoms with van der Waals surface area (Å²) in [6.07, 6.45) is 0. The number of nitrogens with zero attached hydrogens (tertiary/aromatic N) is 1. The highest BCUT2D eigenvalue weighted by Crippen LogP contribution is 2.32. The second-order valence-corrected chi connectivity index (χ2v) is 9.16. The minimum Gasteiger partial charge on any atom is -0.497 e. The Morgan fingerprint density at radius 3 is 2.50 bits per heavy atom. The summed E-state index contributed by atoms with van der Waals surface area (Å²) < 4.78 is 49.1. The van der Waals surface area contributed by atoms with E-state index in [4.69, 9.17) is 18.6 Å². The number of aryl methyl sites for hydroxylation is 1. The number of furan rings is 1. The quantitative estimate of drug-likeness (QED) is 0.602. The summed E-state index contributed by atoms with van der Waals surface area (Å²) >= 11 is 0. The van der Waals surface area contributed by atoms with Crippen molar-refractivity contribution in [3.8, 4) is 11.5 Å². The smallest absolute Gasteiger partial charge is 0.291 e. The van der Waals surface area contributed by atoms with Gasteiger partial charge in [-0.1, -0.05) is 0 Å². The molecular formula is C22H24N2O7S. The summed E-state index contributed by atoms with van der Waals surface area (Å²) in [5.41, 5.74) is 1.52. The Morgan fingerprint density at radius 1 is 1.06 bits per heavy atom. The van der Waals surface area contributed by atoms with Crippen molar-refractivity contribution >= 4 is 32.6 Å². The van der Waals surface area contributed by atoms with Crippen molar-refractivity contribution in [2.45, 2.75) is 11.8 Å². The molecular weight excluding hydrogens is 436 g/mol. The van der Waals surface area contributed by atoms with Gasteiger partial charge in [0.2, 0.25) is 10.0 Å². The van der Waals surface area contributed by atoms with Gasteiger partial charge >= 0.3 is 0 Å². The first-order valence-corrected chi connectivity index (χ1v) is 11.4. The maximum Gasteiger partial charge on any atom is 0.291 e. The number of ether oxygens (including phenoxy) is 3. The van der Waals surface area contributed by atoms with Crippen LogP contribution in [-0.2, 0) is 14.8 Å². The molecule has 1 fully saturated rings. The predicted octanol–water partition coefficient (Wildman–Crippen LogP) is 3.03. The molecule has 0 unspecified atom stereocenters. The van der Waals surface area contributed by atoms with Crippen molar-refractivity contribution in [3.63, 3.8) is 0 Å². The van der Waals surface area contributed by atoms with E-state index in [-0.39, 0.29) is 29.5 Å². The summed E-state index contributed by atoms with van der Waals surface area (Å²) in [6.45, 7) is 2.94. The zero-order chi connectivity index (χ0) is 22.9. The Hall–Kier alpha value is -3.08. The van der Waals surface area contributed by atoms with Crippen LogP contribution in [0, 0.1) is 6.92 Å². The maximum atomic E-state index is 13.2. The Balaban J connectivity index is 1.65. The number of carbonyl (C=O) groups excluding carboxylic acids is 1. The van der Waals surface area contributed by atoms with Gasteiger partial charge in [0.15, 0.2) is 5.76 Å². The molecule has 3 aromatic rings. The Morgan fingerprint density at radius 2 is 1.81 bits per heavy atom. The van der Waals surface area contributed by atoms with E-state index < -0.39 is 15.9 Å². The number of hydrogen-bond acceptors (Lipinski definition) is 7. The molecule has 4 rings (SSSR count). The lowest BCUT2D eigenvalue weighted by Crippen LogP contribution is -2.40. The Kier molecular flexibility index (Phi) is 6.09. The van der Waals surface area contributed by atoms with Crippen LogP contribution in [0.25, 0.3) is 11.0 Å². The zero-order valence-electron chi connectivity index (χ0n) is 18.0. The normalized spacial score (nSPS) is 15.0. The number of anilines is 1. The topological polar surface area (TPSA) is 107 Å². The highest BCUT2D eigenvalue weighted by Gasteiger charge is 2.30. The first-order chi connectivity index (χ1) is 15.3. The SMILES string of the molecule is COc1ccc2oc(C(=O)Nc3ccc(OC)c(S(=O)(=O)N4CCOCC4)c3)c(C)c2c1. The number of nitrogens with one attached hydrogen (secondary N) is 1. The van der Waals surface area contributed by atoms with E-state index in [2.05, 4.69) is 5.32 Å². The van der Waals surface area contributed by atoms with Crippen LogP contribution < -0.4 is 14.8 Å². The molecule has 0 saturated carbocycles. The summed E-state index contributed by atoms with van der Waals surface area (Å²) in [7, 11) is -0.858. The van der Waals surface area contributed by atoms with Gasteiger partial charge in [0.05, 0.1) is 27.4 Å². The van der Waals surface area contributed by atoms with Crippen molar-refractivity contribution in [1.82, 2.24) is 4.31 Å². The number of benzene rings is 2.